The number of carbonyl (C=O) groups is 2. The second kappa shape index (κ2) is 10.1. The molecule has 0 spiro atoms. The summed E-state index contributed by atoms with van der Waals surface area (Å²) in [5.41, 5.74) is 0. The molecule has 2 aliphatic carbocycles. The summed E-state index contributed by atoms with van der Waals surface area (Å²) in [5, 5.41) is 1.27. The Morgan fingerprint density at radius 1 is 0.917 bits per heavy atom. The average molecular weight is 509 g/mol. The van der Waals surface area contributed by atoms with Crippen LogP contribution in [0.4, 0.5) is 5.82 Å². The van der Waals surface area contributed by atoms with E-state index >= 15 is 0 Å². The fourth-order valence-corrected chi connectivity index (χ4v) is 8.61. The molecule has 6 nitrogen and oxygen atoms in total. The summed E-state index contributed by atoms with van der Waals surface area (Å²) in [6.07, 6.45) is 6.91. The molecule has 2 amide bonds. The number of amides is 2. The molecule has 0 N–H and O–H groups in total. The number of aromatic nitrogens is 1. The normalized spacial score (nSPS) is 33.6. The van der Waals surface area contributed by atoms with Crippen molar-refractivity contribution in [2.24, 2.45) is 35.5 Å². The van der Waals surface area contributed by atoms with E-state index in [0.717, 1.165) is 57.8 Å². The Balaban J connectivity index is 1.08. The van der Waals surface area contributed by atoms with Gasteiger partial charge < -0.3 is 4.90 Å². The fourth-order valence-electron chi connectivity index (χ4n) is 7.81. The van der Waals surface area contributed by atoms with Gasteiger partial charge in [0.15, 0.2) is 0 Å². The van der Waals surface area contributed by atoms with Gasteiger partial charge >= 0.3 is 0 Å². The molecule has 2 aromatic rings. The van der Waals surface area contributed by atoms with Crippen LogP contribution in [0.2, 0.25) is 0 Å². The third kappa shape index (κ3) is 4.26. The molecule has 1 aromatic heterocycles. The zero-order valence-electron chi connectivity index (χ0n) is 21.8. The lowest BCUT2D eigenvalue weighted by atomic mass is 9.78. The first-order valence-corrected chi connectivity index (χ1v) is 15.0. The molecule has 2 saturated heterocycles. The molecule has 6 rings (SSSR count). The van der Waals surface area contributed by atoms with Gasteiger partial charge in [-0.2, -0.15) is 4.37 Å². The van der Waals surface area contributed by atoms with Crippen LogP contribution in [0.3, 0.4) is 0 Å². The van der Waals surface area contributed by atoms with Crippen LogP contribution in [0.5, 0.6) is 0 Å². The van der Waals surface area contributed by atoms with E-state index in [1.807, 2.05) is 0 Å². The van der Waals surface area contributed by atoms with Crippen LogP contribution in [-0.2, 0) is 9.59 Å². The lowest BCUT2D eigenvalue weighted by Gasteiger charge is -2.40. The number of rotatable bonds is 6. The van der Waals surface area contributed by atoms with Gasteiger partial charge in [-0.1, -0.05) is 45.2 Å². The predicted octanol–water partition coefficient (Wildman–Crippen LogP) is 4.89. The molecule has 2 saturated carbocycles. The maximum absolute atomic E-state index is 13.4. The minimum absolute atomic E-state index is 0.0468. The predicted molar refractivity (Wildman–Crippen MR) is 145 cm³/mol. The summed E-state index contributed by atoms with van der Waals surface area (Å²) in [7, 11) is 0. The highest BCUT2D eigenvalue weighted by Gasteiger charge is 2.57. The Labute approximate surface area is 219 Å². The number of piperazine rings is 1. The van der Waals surface area contributed by atoms with Crippen molar-refractivity contribution in [1.29, 1.82) is 0 Å². The van der Waals surface area contributed by atoms with Crippen molar-refractivity contribution in [3.05, 3.63) is 24.3 Å². The number of likely N-dealkylation sites (tertiary alicyclic amines) is 1. The van der Waals surface area contributed by atoms with Crippen molar-refractivity contribution >= 4 is 39.3 Å². The Morgan fingerprint density at radius 3 is 2.36 bits per heavy atom. The number of imide groups is 1. The van der Waals surface area contributed by atoms with Crippen LogP contribution in [0.15, 0.2) is 24.3 Å². The molecule has 3 heterocycles. The van der Waals surface area contributed by atoms with E-state index in [2.05, 4.69) is 47.9 Å². The Bertz CT molecular complexity index is 1110. The third-order valence-electron chi connectivity index (χ3n) is 9.82. The van der Waals surface area contributed by atoms with E-state index in [-0.39, 0.29) is 23.7 Å². The summed E-state index contributed by atoms with van der Waals surface area (Å²) >= 11 is 1.60. The summed E-state index contributed by atoms with van der Waals surface area (Å²) in [6.45, 7) is 10.2. The minimum atomic E-state index is -0.0561. The first-order valence-electron chi connectivity index (χ1n) is 14.2. The fraction of sp³-hybridized carbons (Fsp3) is 0.690. The van der Waals surface area contributed by atoms with E-state index in [1.165, 1.54) is 29.3 Å². The van der Waals surface area contributed by atoms with E-state index in [9.17, 15) is 9.59 Å². The number of hydrogen-bond donors (Lipinski definition) is 0. The second-order valence-corrected chi connectivity index (χ2v) is 12.6. The number of carbonyl (C=O) groups excluding carboxylic acids is 2. The number of benzene rings is 1. The van der Waals surface area contributed by atoms with Gasteiger partial charge in [-0.15, -0.1) is 0 Å². The monoisotopic (exact) mass is 508 g/mol. The largest absolute Gasteiger partial charge is 0.353 e. The Hall–Kier alpha value is -1.99. The minimum Gasteiger partial charge on any atom is -0.353 e. The highest BCUT2D eigenvalue weighted by atomic mass is 32.1. The van der Waals surface area contributed by atoms with E-state index < -0.39 is 0 Å². The summed E-state index contributed by atoms with van der Waals surface area (Å²) in [5.74, 6) is 3.08. The molecule has 2 aliphatic heterocycles. The molecule has 1 aromatic carbocycles. The molecule has 194 valence electrons. The molecule has 7 heteroatoms. The van der Waals surface area contributed by atoms with Crippen molar-refractivity contribution in [1.82, 2.24) is 14.2 Å². The first kappa shape index (κ1) is 24.4. The average Bonchev–Trinajstić information content (AvgIpc) is 3.55. The standard InChI is InChI=1S/C29H40N4O2S/c1-3-20-16-19(2)25-26(20)29(35)33(28(25)34)18-22-9-5-4-8-21(22)17-31-12-14-32(15-13-31)27-23-10-6-7-11-24(23)36-30-27/h6-7,10-11,19-22,25-26H,3-5,8-9,12-18H2,1-2H3/t19?,20?,21-,22-,25?,26?/m0/s1. The zero-order valence-corrected chi connectivity index (χ0v) is 22.6. The van der Waals surface area contributed by atoms with Gasteiger partial charge in [0, 0.05) is 44.7 Å². The number of anilines is 1. The molecular weight excluding hydrogens is 468 g/mol. The van der Waals surface area contributed by atoms with Crippen LogP contribution in [-0.4, -0.2) is 65.3 Å². The third-order valence-corrected chi connectivity index (χ3v) is 10.6. The Morgan fingerprint density at radius 2 is 1.61 bits per heavy atom. The molecule has 6 atom stereocenters. The second-order valence-electron chi connectivity index (χ2n) is 11.8. The van der Waals surface area contributed by atoms with Gasteiger partial charge in [-0.3, -0.25) is 19.4 Å². The van der Waals surface area contributed by atoms with Crippen molar-refractivity contribution in [2.75, 3.05) is 44.2 Å². The Kier molecular flexibility index (Phi) is 6.80. The van der Waals surface area contributed by atoms with Crippen molar-refractivity contribution in [3.63, 3.8) is 0 Å². The first-order chi connectivity index (χ1) is 17.5. The van der Waals surface area contributed by atoms with Crippen LogP contribution < -0.4 is 4.90 Å². The molecule has 4 unspecified atom stereocenters. The SMILES string of the molecule is CCC1CC(C)C2C(=O)N(C[C@@H]3CCCC[C@H]3CN3CCN(c4nsc5ccccc45)CC3)C(=O)C12. The highest BCUT2D eigenvalue weighted by Crippen LogP contribution is 2.49. The van der Waals surface area contributed by atoms with Gasteiger partial charge in [-0.25, -0.2) is 0 Å². The number of nitrogens with zero attached hydrogens (tertiary/aromatic N) is 4. The molecule has 4 aliphatic rings. The summed E-state index contributed by atoms with van der Waals surface area (Å²) in [4.78, 5) is 33.5. The van der Waals surface area contributed by atoms with Crippen LogP contribution in [0.25, 0.3) is 10.1 Å². The molecule has 0 bridgehead atoms. The van der Waals surface area contributed by atoms with Gasteiger partial charge in [-0.05, 0) is 66.6 Å². The lowest BCUT2D eigenvalue weighted by Crippen LogP contribution is -2.49. The zero-order chi connectivity index (χ0) is 24.8. The molecule has 4 fully saturated rings. The van der Waals surface area contributed by atoms with Crippen molar-refractivity contribution in [2.45, 2.75) is 52.4 Å². The molecule has 0 radical (unpaired) electrons. The van der Waals surface area contributed by atoms with Gasteiger partial charge in [0.05, 0.1) is 16.5 Å². The quantitative estimate of drug-likeness (QED) is 0.520. The van der Waals surface area contributed by atoms with Crippen LogP contribution in [0, 0.1) is 35.5 Å². The summed E-state index contributed by atoms with van der Waals surface area (Å²) < 4.78 is 6.02. The maximum Gasteiger partial charge on any atom is 0.233 e. The highest BCUT2D eigenvalue weighted by molar-refractivity contribution is 7.13. The van der Waals surface area contributed by atoms with Gasteiger partial charge in [0.25, 0.3) is 0 Å². The van der Waals surface area contributed by atoms with E-state index in [1.54, 1.807) is 16.4 Å². The van der Waals surface area contributed by atoms with Gasteiger partial charge in [0.2, 0.25) is 11.8 Å². The number of fused-ring (bicyclic) bond motifs is 2. The topological polar surface area (TPSA) is 56.8 Å². The van der Waals surface area contributed by atoms with Crippen molar-refractivity contribution < 1.29 is 9.59 Å². The molecule has 36 heavy (non-hydrogen) atoms. The van der Waals surface area contributed by atoms with E-state index in [4.69, 9.17) is 4.37 Å². The van der Waals surface area contributed by atoms with Gasteiger partial charge in [0.1, 0.15) is 5.82 Å². The summed E-state index contributed by atoms with van der Waals surface area (Å²) in [6, 6.07) is 8.53. The number of hydrogen-bond acceptors (Lipinski definition) is 6. The van der Waals surface area contributed by atoms with Crippen LogP contribution >= 0.6 is 11.5 Å². The van der Waals surface area contributed by atoms with Crippen molar-refractivity contribution in [3.8, 4) is 0 Å². The molecular formula is C29H40N4O2S. The van der Waals surface area contributed by atoms with E-state index in [0.29, 0.717) is 30.2 Å². The van der Waals surface area contributed by atoms with Crippen LogP contribution in [0.1, 0.15) is 52.4 Å². The lowest BCUT2D eigenvalue weighted by molar-refractivity contribution is -0.142. The smallest absolute Gasteiger partial charge is 0.233 e. The maximum atomic E-state index is 13.4.